The summed E-state index contributed by atoms with van der Waals surface area (Å²) in [5.74, 6) is -2.42. The minimum atomic E-state index is -0.611. The van der Waals surface area contributed by atoms with Crippen LogP contribution in [0, 0.1) is 35.5 Å². The summed E-state index contributed by atoms with van der Waals surface area (Å²) < 4.78 is 9.23. The standard InChI is InChI=1S/C14H18O6/c1-7-3-9(14(18)20-6-16)12-10(13(17)19-2)4-8(5-15)11(7)12/h5-12H,3-4H2,1-2H3. The summed E-state index contributed by atoms with van der Waals surface area (Å²) >= 11 is 0. The molecule has 0 spiro atoms. The number of aldehydes is 1. The van der Waals surface area contributed by atoms with Gasteiger partial charge in [0, 0.05) is 5.92 Å². The molecular formula is C14H18O6. The lowest BCUT2D eigenvalue weighted by Crippen LogP contribution is -2.31. The van der Waals surface area contributed by atoms with Crippen molar-refractivity contribution in [1.82, 2.24) is 0 Å². The number of hydrogen-bond acceptors (Lipinski definition) is 6. The topological polar surface area (TPSA) is 86.7 Å². The summed E-state index contributed by atoms with van der Waals surface area (Å²) in [4.78, 5) is 45.4. The average Bonchev–Trinajstić information content (AvgIpc) is 2.97. The molecule has 0 saturated heterocycles. The zero-order valence-electron chi connectivity index (χ0n) is 11.5. The second-order valence-corrected chi connectivity index (χ2v) is 5.67. The van der Waals surface area contributed by atoms with E-state index in [9.17, 15) is 19.2 Å². The first-order chi connectivity index (χ1) is 9.54. The lowest BCUT2D eigenvalue weighted by atomic mass is 9.83. The Labute approximate surface area is 116 Å². The van der Waals surface area contributed by atoms with Crippen LogP contribution in [0.3, 0.4) is 0 Å². The molecule has 0 aromatic rings. The largest absolute Gasteiger partial charge is 0.469 e. The number of carbonyl (C=O) groups is 4. The van der Waals surface area contributed by atoms with Crippen molar-refractivity contribution in [1.29, 1.82) is 0 Å². The third-order valence-corrected chi connectivity index (χ3v) is 4.82. The maximum absolute atomic E-state index is 11.9. The molecule has 6 atom stereocenters. The van der Waals surface area contributed by atoms with E-state index in [1.165, 1.54) is 7.11 Å². The first kappa shape index (κ1) is 14.7. The number of esters is 2. The molecule has 6 heteroatoms. The highest BCUT2D eigenvalue weighted by Crippen LogP contribution is 2.56. The quantitative estimate of drug-likeness (QED) is 0.426. The number of rotatable bonds is 4. The Kier molecular flexibility index (Phi) is 4.20. The predicted molar refractivity (Wildman–Crippen MR) is 66.1 cm³/mol. The highest BCUT2D eigenvalue weighted by molar-refractivity contribution is 5.82. The summed E-state index contributed by atoms with van der Waals surface area (Å²) in [7, 11) is 1.29. The number of hydrogen-bond donors (Lipinski definition) is 0. The van der Waals surface area contributed by atoms with Crippen molar-refractivity contribution in [2.24, 2.45) is 35.5 Å². The average molecular weight is 282 g/mol. The van der Waals surface area contributed by atoms with Gasteiger partial charge < -0.3 is 14.3 Å². The molecule has 6 nitrogen and oxygen atoms in total. The molecule has 2 aliphatic rings. The van der Waals surface area contributed by atoms with Gasteiger partial charge in [-0.1, -0.05) is 6.92 Å². The van der Waals surface area contributed by atoms with Crippen molar-refractivity contribution in [3.63, 3.8) is 0 Å². The van der Waals surface area contributed by atoms with E-state index in [2.05, 4.69) is 4.74 Å². The van der Waals surface area contributed by atoms with Gasteiger partial charge in [-0.25, -0.2) is 0 Å². The molecule has 2 saturated carbocycles. The van der Waals surface area contributed by atoms with Crippen LogP contribution in [0.15, 0.2) is 0 Å². The normalized spacial score (nSPS) is 38.9. The monoisotopic (exact) mass is 282 g/mol. The van der Waals surface area contributed by atoms with Crippen LogP contribution in [-0.4, -0.2) is 31.8 Å². The van der Waals surface area contributed by atoms with Crippen molar-refractivity contribution >= 4 is 24.7 Å². The number of ether oxygens (including phenoxy) is 2. The molecule has 0 aromatic carbocycles. The molecule has 2 aliphatic carbocycles. The van der Waals surface area contributed by atoms with Gasteiger partial charge >= 0.3 is 18.4 Å². The van der Waals surface area contributed by atoms with Crippen LogP contribution in [-0.2, 0) is 28.7 Å². The number of fused-ring (bicyclic) bond motifs is 1. The van der Waals surface area contributed by atoms with Crippen molar-refractivity contribution in [3.8, 4) is 0 Å². The third-order valence-electron chi connectivity index (χ3n) is 4.82. The SMILES string of the molecule is COC(=O)C1CC(C=O)C2C(C)CC(C(=O)OC=O)C12. The highest BCUT2D eigenvalue weighted by atomic mass is 16.6. The molecule has 0 aliphatic heterocycles. The zero-order chi connectivity index (χ0) is 14.9. The van der Waals surface area contributed by atoms with E-state index in [1.807, 2.05) is 6.92 Å². The zero-order valence-corrected chi connectivity index (χ0v) is 11.5. The van der Waals surface area contributed by atoms with Gasteiger partial charge in [0.2, 0.25) is 0 Å². The lowest BCUT2D eigenvalue weighted by Gasteiger charge is -2.22. The molecule has 6 unspecified atom stereocenters. The number of carbonyl (C=O) groups excluding carboxylic acids is 4. The van der Waals surface area contributed by atoms with E-state index in [1.54, 1.807) is 0 Å². The van der Waals surface area contributed by atoms with Crippen molar-refractivity contribution in [3.05, 3.63) is 0 Å². The maximum atomic E-state index is 11.9. The van der Waals surface area contributed by atoms with E-state index in [0.29, 0.717) is 12.8 Å². The maximum Gasteiger partial charge on any atom is 0.316 e. The van der Waals surface area contributed by atoms with Crippen LogP contribution in [0.4, 0.5) is 0 Å². The first-order valence-electron chi connectivity index (χ1n) is 6.72. The Balaban J connectivity index is 2.30. The van der Waals surface area contributed by atoms with Gasteiger partial charge in [-0.15, -0.1) is 0 Å². The van der Waals surface area contributed by atoms with Crippen molar-refractivity contribution in [2.45, 2.75) is 19.8 Å². The fourth-order valence-corrected chi connectivity index (χ4v) is 4.17. The van der Waals surface area contributed by atoms with Gasteiger partial charge in [0.1, 0.15) is 6.29 Å². The molecule has 0 radical (unpaired) electrons. The van der Waals surface area contributed by atoms with Gasteiger partial charge in [-0.3, -0.25) is 14.4 Å². The second kappa shape index (κ2) is 5.73. The van der Waals surface area contributed by atoms with Crippen LogP contribution in [0.25, 0.3) is 0 Å². The van der Waals surface area contributed by atoms with Crippen LogP contribution in [0.5, 0.6) is 0 Å². The Morgan fingerprint density at radius 2 is 1.70 bits per heavy atom. The number of methoxy groups -OCH3 is 1. The molecule has 0 heterocycles. The molecule has 0 N–H and O–H groups in total. The molecule has 2 fully saturated rings. The fraction of sp³-hybridized carbons (Fsp3) is 0.714. The summed E-state index contributed by atoms with van der Waals surface area (Å²) in [6.45, 7) is 2.07. The molecule has 110 valence electrons. The molecule has 20 heavy (non-hydrogen) atoms. The van der Waals surface area contributed by atoms with Crippen molar-refractivity contribution in [2.75, 3.05) is 7.11 Å². The van der Waals surface area contributed by atoms with E-state index >= 15 is 0 Å². The second-order valence-electron chi connectivity index (χ2n) is 5.67. The van der Waals surface area contributed by atoms with E-state index in [-0.39, 0.29) is 30.1 Å². The Morgan fingerprint density at radius 3 is 2.25 bits per heavy atom. The minimum Gasteiger partial charge on any atom is -0.469 e. The fourth-order valence-electron chi connectivity index (χ4n) is 4.17. The molecule has 0 bridgehead atoms. The first-order valence-corrected chi connectivity index (χ1v) is 6.72. The summed E-state index contributed by atoms with van der Waals surface area (Å²) in [5, 5.41) is 0. The van der Waals surface area contributed by atoms with Crippen LogP contribution in [0.1, 0.15) is 19.8 Å². The summed E-state index contributed by atoms with van der Waals surface area (Å²) in [6.07, 6.45) is 1.80. The van der Waals surface area contributed by atoms with Gasteiger partial charge in [-0.05, 0) is 30.6 Å². The van der Waals surface area contributed by atoms with E-state index < -0.39 is 23.8 Å². The van der Waals surface area contributed by atoms with Gasteiger partial charge in [0.25, 0.3) is 0 Å². The van der Waals surface area contributed by atoms with Crippen LogP contribution in [0.2, 0.25) is 0 Å². The Hall–Kier alpha value is -1.72. The van der Waals surface area contributed by atoms with Gasteiger partial charge in [0.15, 0.2) is 0 Å². The van der Waals surface area contributed by atoms with Crippen LogP contribution >= 0.6 is 0 Å². The molecule has 0 aromatic heterocycles. The summed E-state index contributed by atoms with van der Waals surface area (Å²) in [6, 6.07) is 0. The Bertz CT molecular complexity index is 431. The van der Waals surface area contributed by atoms with Crippen molar-refractivity contribution < 1.29 is 28.7 Å². The molecule has 2 rings (SSSR count). The van der Waals surface area contributed by atoms with E-state index in [4.69, 9.17) is 4.74 Å². The van der Waals surface area contributed by atoms with E-state index in [0.717, 1.165) is 6.29 Å². The van der Waals surface area contributed by atoms with Gasteiger partial charge in [-0.2, -0.15) is 0 Å². The highest BCUT2D eigenvalue weighted by Gasteiger charge is 2.58. The smallest absolute Gasteiger partial charge is 0.316 e. The summed E-state index contributed by atoms with van der Waals surface area (Å²) in [5.41, 5.74) is 0. The predicted octanol–water partition coefficient (Wildman–Crippen LogP) is 0.582. The molecule has 0 amide bonds. The van der Waals surface area contributed by atoms with Gasteiger partial charge in [0.05, 0.1) is 18.9 Å². The molecular weight excluding hydrogens is 264 g/mol. The van der Waals surface area contributed by atoms with Crippen LogP contribution < -0.4 is 0 Å². The lowest BCUT2D eigenvalue weighted by molar-refractivity contribution is -0.157. The third kappa shape index (κ3) is 2.23. The Morgan fingerprint density at radius 1 is 1.05 bits per heavy atom. The minimum absolute atomic E-state index is 0.0270.